The molecular weight excluding hydrogens is 298 g/mol. The number of thioether (sulfide) groups is 1. The second-order valence-corrected chi connectivity index (χ2v) is 5.79. The monoisotopic (exact) mass is 314 g/mol. The summed E-state index contributed by atoms with van der Waals surface area (Å²) in [6.45, 7) is 2.03. The first-order valence-electron chi connectivity index (χ1n) is 6.80. The third-order valence-corrected chi connectivity index (χ3v) is 4.15. The van der Waals surface area contributed by atoms with Crippen molar-refractivity contribution in [2.75, 3.05) is 11.1 Å². The summed E-state index contributed by atoms with van der Waals surface area (Å²) < 4.78 is 0. The number of benzene rings is 2. The van der Waals surface area contributed by atoms with Crippen molar-refractivity contribution < 1.29 is 14.7 Å². The number of aromatic carboxylic acids is 1. The van der Waals surface area contributed by atoms with Crippen LogP contribution in [0.3, 0.4) is 0 Å². The third kappa shape index (κ3) is 4.36. The predicted octanol–water partition coefficient (Wildman–Crippen LogP) is 2.23. The van der Waals surface area contributed by atoms with Gasteiger partial charge in [-0.25, -0.2) is 0 Å². The fourth-order valence-corrected chi connectivity index (χ4v) is 2.89. The van der Waals surface area contributed by atoms with Crippen molar-refractivity contribution >= 4 is 29.3 Å². The SMILES string of the molecule is Cc1ccccc1CSCC(=O)Nc1ccccc1C(=O)[O-]. The lowest BCUT2D eigenvalue weighted by Crippen LogP contribution is -2.25. The molecule has 0 aliphatic carbocycles. The molecular formula is C17H16NO3S-. The van der Waals surface area contributed by atoms with E-state index in [4.69, 9.17) is 0 Å². The Morgan fingerprint density at radius 2 is 1.77 bits per heavy atom. The highest BCUT2D eigenvalue weighted by Crippen LogP contribution is 2.17. The van der Waals surface area contributed by atoms with Gasteiger partial charge in [-0.1, -0.05) is 42.5 Å². The van der Waals surface area contributed by atoms with E-state index in [9.17, 15) is 14.7 Å². The van der Waals surface area contributed by atoms with Gasteiger partial charge in [0.15, 0.2) is 0 Å². The van der Waals surface area contributed by atoms with Crippen LogP contribution < -0.4 is 10.4 Å². The molecule has 2 rings (SSSR count). The molecule has 0 saturated heterocycles. The Bertz CT molecular complexity index is 685. The molecule has 0 spiro atoms. The van der Waals surface area contributed by atoms with Crippen LogP contribution in [0.1, 0.15) is 21.5 Å². The molecule has 114 valence electrons. The number of hydrogen-bond donors (Lipinski definition) is 1. The average Bonchev–Trinajstić information content (AvgIpc) is 2.49. The molecule has 0 unspecified atom stereocenters. The van der Waals surface area contributed by atoms with Crippen molar-refractivity contribution in [3.8, 4) is 0 Å². The molecule has 2 aromatic carbocycles. The van der Waals surface area contributed by atoms with E-state index in [0.717, 1.165) is 5.75 Å². The minimum Gasteiger partial charge on any atom is -0.545 e. The quantitative estimate of drug-likeness (QED) is 0.888. The van der Waals surface area contributed by atoms with Gasteiger partial charge in [0.2, 0.25) is 5.91 Å². The maximum absolute atomic E-state index is 11.9. The van der Waals surface area contributed by atoms with E-state index in [2.05, 4.69) is 5.32 Å². The van der Waals surface area contributed by atoms with Crippen LogP contribution in [0.4, 0.5) is 5.69 Å². The molecule has 0 bridgehead atoms. The number of anilines is 1. The molecule has 0 atom stereocenters. The minimum atomic E-state index is -1.30. The van der Waals surface area contributed by atoms with Crippen LogP contribution in [-0.2, 0) is 10.5 Å². The van der Waals surface area contributed by atoms with Crippen molar-refractivity contribution in [2.24, 2.45) is 0 Å². The first-order chi connectivity index (χ1) is 10.6. The second-order valence-electron chi connectivity index (χ2n) is 4.80. The summed E-state index contributed by atoms with van der Waals surface area (Å²) in [7, 11) is 0. The lowest BCUT2D eigenvalue weighted by molar-refractivity contribution is -0.254. The van der Waals surface area contributed by atoms with E-state index >= 15 is 0 Å². The van der Waals surface area contributed by atoms with Crippen LogP contribution in [0.15, 0.2) is 48.5 Å². The molecule has 0 fully saturated rings. The van der Waals surface area contributed by atoms with Crippen LogP contribution in [0.25, 0.3) is 0 Å². The molecule has 5 heteroatoms. The zero-order valence-corrected chi connectivity index (χ0v) is 13.0. The first kappa shape index (κ1) is 16.1. The number of carbonyl (C=O) groups excluding carboxylic acids is 2. The number of carboxylic acid groups (broad SMARTS) is 1. The van der Waals surface area contributed by atoms with Crippen molar-refractivity contribution in [1.82, 2.24) is 0 Å². The van der Waals surface area contributed by atoms with Gasteiger partial charge in [-0.3, -0.25) is 4.79 Å². The van der Waals surface area contributed by atoms with Crippen molar-refractivity contribution in [3.05, 3.63) is 65.2 Å². The maximum atomic E-state index is 11.9. The van der Waals surface area contributed by atoms with Crippen LogP contribution in [0, 0.1) is 6.92 Å². The molecule has 0 aromatic heterocycles. The molecule has 0 saturated carbocycles. The number of carboxylic acids is 1. The summed E-state index contributed by atoms with van der Waals surface area (Å²) in [6, 6.07) is 14.2. The highest BCUT2D eigenvalue weighted by Gasteiger charge is 2.07. The van der Waals surface area contributed by atoms with Crippen LogP contribution in [-0.4, -0.2) is 17.6 Å². The summed E-state index contributed by atoms with van der Waals surface area (Å²) in [4.78, 5) is 22.9. The molecule has 0 heterocycles. The number of amides is 1. The summed E-state index contributed by atoms with van der Waals surface area (Å²) >= 11 is 1.49. The molecule has 0 aliphatic rings. The second kappa shape index (κ2) is 7.66. The van der Waals surface area contributed by atoms with E-state index in [-0.39, 0.29) is 22.9 Å². The first-order valence-corrected chi connectivity index (χ1v) is 7.96. The lowest BCUT2D eigenvalue weighted by Gasteiger charge is -2.11. The Labute approximate surface area is 133 Å². The zero-order chi connectivity index (χ0) is 15.9. The Kier molecular flexibility index (Phi) is 5.61. The van der Waals surface area contributed by atoms with E-state index in [1.165, 1.54) is 29.0 Å². The van der Waals surface area contributed by atoms with Gasteiger partial charge in [-0.05, 0) is 24.1 Å². The molecule has 22 heavy (non-hydrogen) atoms. The standard InChI is InChI=1S/C17H17NO3S/c1-12-6-2-3-7-13(12)10-22-11-16(19)18-15-9-5-4-8-14(15)17(20)21/h2-9H,10-11H2,1H3,(H,18,19)(H,20,21)/p-1. The largest absolute Gasteiger partial charge is 0.545 e. The normalized spacial score (nSPS) is 10.2. The van der Waals surface area contributed by atoms with Gasteiger partial charge in [0.25, 0.3) is 0 Å². The topological polar surface area (TPSA) is 69.2 Å². The highest BCUT2D eigenvalue weighted by atomic mass is 32.2. The van der Waals surface area contributed by atoms with Gasteiger partial charge in [-0.2, -0.15) is 0 Å². The number of rotatable bonds is 6. The van der Waals surface area contributed by atoms with E-state index < -0.39 is 5.97 Å². The number of aryl methyl sites for hydroxylation is 1. The third-order valence-electron chi connectivity index (χ3n) is 3.17. The zero-order valence-electron chi connectivity index (χ0n) is 12.2. The molecule has 4 nitrogen and oxygen atoms in total. The smallest absolute Gasteiger partial charge is 0.234 e. The van der Waals surface area contributed by atoms with Gasteiger partial charge in [0, 0.05) is 17.0 Å². The van der Waals surface area contributed by atoms with Crippen molar-refractivity contribution in [2.45, 2.75) is 12.7 Å². The maximum Gasteiger partial charge on any atom is 0.234 e. The van der Waals surface area contributed by atoms with Crippen molar-refractivity contribution in [3.63, 3.8) is 0 Å². The average molecular weight is 314 g/mol. The van der Waals surface area contributed by atoms with Crippen LogP contribution in [0.5, 0.6) is 0 Å². The van der Waals surface area contributed by atoms with Crippen LogP contribution in [0.2, 0.25) is 0 Å². The Morgan fingerprint density at radius 1 is 1.09 bits per heavy atom. The molecule has 2 aromatic rings. The number of hydrogen-bond acceptors (Lipinski definition) is 4. The Morgan fingerprint density at radius 3 is 2.50 bits per heavy atom. The Hall–Kier alpha value is -2.27. The van der Waals surface area contributed by atoms with E-state index in [1.54, 1.807) is 18.2 Å². The van der Waals surface area contributed by atoms with Crippen molar-refractivity contribution in [1.29, 1.82) is 0 Å². The number of nitrogens with one attached hydrogen (secondary N) is 1. The molecule has 1 amide bonds. The van der Waals surface area contributed by atoms with E-state index in [1.807, 2.05) is 31.2 Å². The minimum absolute atomic E-state index is 0.0141. The summed E-state index contributed by atoms with van der Waals surface area (Å²) in [5.74, 6) is -0.534. The summed E-state index contributed by atoms with van der Waals surface area (Å²) in [5.41, 5.74) is 2.64. The molecule has 0 radical (unpaired) electrons. The predicted molar refractivity (Wildman–Crippen MR) is 86.7 cm³/mol. The molecule has 0 aliphatic heterocycles. The number of para-hydroxylation sites is 1. The highest BCUT2D eigenvalue weighted by molar-refractivity contribution is 7.99. The van der Waals surface area contributed by atoms with E-state index in [0.29, 0.717) is 0 Å². The van der Waals surface area contributed by atoms with Gasteiger partial charge in [0.1, 0.15) is 0 Å². The summed E-state index contributed by atoms with van der Waals surface area (Å²) in [6.07, 6.45) is 0. The fourth-order valence-electron chi connectivity index (χ4n) is 1.98. The van der Waals surface area contributed by atoms with Gasteiger partial charge < -0.3 is 15.2 Å². The Balaban J connectivity index is 1.89. The van der Waals surface area contributed by atoms with Gasteiger partial charge in [0.05, 0.1) is 11.7 Å². The lowest BCUT2D eigenvalue weighted by atomic mass is 10.1. The molecule has 1 N–H and O–H groups in total. The summed E-state index contributed by atoms with van der Waals surface area (Å²) in [5, 5.41) is 13.6. The van der Waals surface area contributed by atoms with Crippen LogP contribution >= 0.6 is 11.8 Å². The van der Waals surface area contributed by atoms with Gasteiger partial charge >= 0.3 is 0 Å². The van der Waals surface area contributed by atoms with Gasteiger partial charge in [-0.15, -0.1) is 11.8 Å². The fraction of sp³-hybridized carbons (Fsp3) is 0.176. The number of carbonyl (C=O) groups is 2.